The van der Waals surface area contributed by atoms with E-state index in [2.05, 4.69) is 14.9 Å². The molecule has 2 atom stereocenters. The predicted octanol–water partition coefficient (Wildman–Crippen LogP) is 2.25. The SMILES string of the molecule is c1cnc(N2CCC3CCCCC32)cn1. The second kappa shape index (κ2) is 3.80. The Labute approximate surface area is 90.5 Å². The zero-order chi connectivity index (χ0) is 10.1. The number of fused-ring (bicyclic) bond motifs is 1. The molecule has 1 saturated carbocycles. The van der Waals surface area contributed by atoms with Gasteiger partial charge in [0.15, 0.2) is 0 Å². The molecule has 1 aromatic rings. The third-order valence-electron chi connectivity index (χ3n) is 3.85. The van der Waals surface area contributed by atoms with Gasteiger partial charge in [-0.1, -0.05) is 12.8 Å². The minimum absolute atomic E-state index is 0.746. The van der Waals surface area contributed by atoms with Crippen LogP contribution in [0.2, 0.25) is 0 Å². The molecule has 2 heterocycles. The fourth-order valence-electron chi connectivity index (χ4n) is 3.13. The lowest BCUT2D eigenvalue weighted by Gasteiger charge is -2.32. The van der Waals surface area contributed by atoms with Crippen LogP contribution in [0, 0.1) is 5.92 Å². The van der Waals surface area contributed by atoms with E-state index in [0.29, 0.717) is 0 Å². The molecule has 15 heavy (non-hydrogen) atoms. The largest absolute Gasteiger partial charge is 0.352 e. The van der Waals surface area contributed by atoms with E-state index < -0.39 is 0 Å². The summed E-state index contributed by atoms with van der Waals surface area (Å²) in [6, 6.07) is 0.746. The highest BCUT2D eigenvalue weighted by Crippen LogP contribution is 2.37. The molecule has 3 nitrogen and oxygen atoms in total. The van der Waals surface area contributed by atoms with Crippen molar-refractivity contribution in [3.05, 3.63) is 18.6 Å². The van der Waals surface area contributed by atoms with Gasteiger partial charge in [0.25, 0.3) is 0 Å². The fraction of sp³-hybridized carbons (Fsp3) is 0.667. The molecular formula is C12H17N3. The van der Waals surface area contributed by atoms with Gasteiger partial charge in [-0.25, -0.2) is 4.98 Å². The smallest absolute Gasteiger partial charge is 0.147 e. The molecule has 2 aliphatic rings. The molecule has 1 aliphatic heterocycles. The van der Waals surface area contributed by atoms with Crippen molar-refractivity contribution in [2.75, 3.05) is 11.4 Å². The molecule has 0 aromatic carbocycles. The van der Waals surface area contributed by atoms with Crippen LogP contribution in [0.4, 0.5) is 5.82 Å². The summed E-state index contributed by atoms with van der Waals surface area (Å²) in [5.74, 6) is 1.99. The van der Waals surface area contributed by atoms with Crippen molar-refractivity contribution < 1.29 is 0 Å². The van der Waals surface area contributed by atoms with Crippen LogP contribution in [-0.2, 0) is 0 Å². The van der Waals surface area contributed by atoms with E-state index in [9.17, 15) is 0 Å². The Bertz CT molecular complexity index is 325. The first kappa shape index (κ1) is 9.13. The number of rotatable bonds is 1. The Morgan fingerprint density at radius 1 is 1.13 bits per heavy atom. The van der Waals surface area contributed by atoms with Crippen LogP contribution in [0.25, 0.3) is 0 Å². The zero-order valence-electron chi connectivity index (χ0n) is 8.97. The van der Waals surface area contributed by atoms with Crippen molar-refractivity contribution in [1.82, 2.24) is 9.97 Å². The lowest BCUT2D eigenvalue weighted by atomic mass is 9.85. The van der Waals surface area contributed by atoms with Crippen LogP contribution in [0.5, 0.6) is 0 Å². The Morgan fingerprint density at radius 3 is 2.93 bits per heavy atom. The van der Waals surface area contributed by atoms with Gasteiger partial charge in [0.05, 0.1) is 6.20 Å². The van der Waals surface area contributed by atoms with E-state index in [1.54, 1.807) is 12.4 Å². The van der Waals surface area contributed by atoms with Crippen LogP contribution in [-0.4, -0.2) is 22.6 Å². The quantitative estimate of drug-likeness (QED) is 0.701. The summed E-state index contributed by atoms with van der Waals surface area (Å²) < 4.78 is 0. The molecule has 1 aliphatic carbocycles. The molecule has 1 saturated heterocycles. The number of nitrogens with zero attached hydrogens (tertiary/aromatic N) is 3. The van der Waals surface area contributed by atoms with Gasteiger partial charge in [0, 0.05) is 25.0 Å². The molecular weight excluding hydrogens is 186 g/mol. The lowest BCUT2D eigenvalue weighted by Crippen LogP contribution is -2.35. The van der Waals surface area contributed by atoms with E-state index in [1.165, 1.54) is 38.6 Å². The standard InChI is InChI=1S/C12H17N3/c1-2-4-11-10(3-1)5-8-15(11)12-9-13-6-7-14-12/h6-7,9-11H,1-5,8H2. The molecule has 0 N–H and O–H groups in total. The monoisotopic (exact) mass is 203 g/mol. The highest BCUT2D eigenvalue weighted by molar-refractivity contribution is 5.39. The van der Waals surface area contributed by atoms with E-state index in [-0.39, 0.29) is 0 Å². The Hall–Kier alpha value is -1.12. The second-order valence-corrected chi connectivity index (χ2v) is 4.66. The maximum absolute atomic E-state index is 4.42. The third kappa shape index (κ3) is 1.60. The van der Waals surface area contributed by atoms with Crippen LogP contribution in [0.3, 0.4) is 0 Å². The van der Waals surface area contributed by atoms with Gasteiger partial charge in [0.1, 0.15) is 5.82 Å². The van der Waals surface area contributed by atoms with Crippen molar-refractivity contribution >= 4 is 5.82 Å². The first-order valence-electron chi connectivity index (χ1n) is 5.98. The first-order chi connectivity index (χ1) is 7.45. The van der Waals surface area contributed by atoms with Gasteiger partial charge in [0.2, 0.25) is 0 Å². The highest BCUT2D eigenvalue weighted by atomic mass is 15.2. The van der Waals surface area contributed by atoms with Gasteiger partial charge in [-0.05, 0) is 25.2 Å². The summed E-state index contributed by atoms with van der Waals surface area (Å²) in [7, 11) is 0. The summed E-state index contributed by atoms with van der Waals surface area (Å²) >= 11 is 0. The number of aromatic nitrogens is 2. The summed E-state index contributed by atoms with van der Waals surface area (Å²) in [6.07, 6.45) is 12.4. The van der Waals surface area contributed by atoms with Crippen LogP contribution < -0.4 is 4.90 Å². The molecule has 2 fully saturated rings. The highest BCUT2D eigenvalue weighted by Gasteiger charge is 2.36. The van der Waals surface area contributed by atoms with Crippen molar-refractivity contribution in [1.29, 1.82) is 0 Å². The normalized spacial score (nSPS) is 30.3. The first-order valence-corrected chi connectivity index (χ1v) is 5.98. The predicted molar refractivity (Wildman–Crippen MR) is 59.7 cm³/mol. The Morgan fingerprint density at radius 2 is 2.07 bits per heavy atom. The summed E-state index contributed by atoms with van der Waals surface area (Å²) in [5.41, 5.74) is 0. The minimum Gasteiger partial charge on any atom is -0.352 e. The molecule has 2 unspecified atom stereocenters. The summed E-state index contributed by atoms with van der Waals surface area (Å²) in [4.78, 5) is 11.0. The molecule has 1 aromatic heterocycles. The fourth-order valence-corrected chi connectivity index (χ4v) is 3.13. The van der Waals surface area contributed by atoms with Gasteiger partial charge < -0.3 is 4.90 Å². The van der Waals surface area contributed by atoms with Gasteiger partial charge in [-0.15, -0.1) is 0 Å². The van der Waals surface area contributed by atoms with E-state index in [4.69, 9.17) is 0 Å². The van der Waals surface area contributed by atoms with Gasteiger partial charge >= 0.3 is 0 Å². The van der Waals surface area contributed by atoms with E-state index in [0.717, 1.165) is 17.8 Å². The number of anilines is 1. The lowest BCUT2D eigenvalue weighted by molar-refractivity contribution is 0.341. The van der Waals surface area contributed by atoms with Gasteiger partial charge in [-0.3, -0.25) is 4.98 Å². The average Bonchev–Trinajstić information content (AvgIpc) is 2.74. The van der Waals surface area contributed by atoms with Crippen LogP contribution in [0.15, 0.2) is 18.6 Å². The summed E-state index contributed by atoms with van der Waals surface area (Å²) in [6.45, 7) is 1.17. The third-order valence-corrected chi connectivity index (χ3v) is 3.85. The minimum atomic E-state index is 0.746. The van der Waals surface area contributed by atoms with E-state index >= 15 is 0 Å². The second-order valence-electron chi connectivity index (χ2n) is 4.66. The van der Waals surface area contributed by atoms with Crippen LogP contribution in [0.1, 0.15) is 32.1 Å². The van der Waals surface area contributed by atoms with E-state index in [1.807, 2.05) is 6.20 Å². The van der Waals surface area contributed by atoms with Crippen molar-refractivity contribution in [3.8, 4) is 0 Å². The van der Waals surface area contributed by atoms with Crippen molar-refractivity contribution in [2.24, 2.45) is 5.92 Å². The van der Waals surface area contributed by atoms with Gasteiger partial charge in [-0.2, -0.15) is 0 Å². The summed E-state index contributed by atoms with van der Waals surface area (Å²) in [5, 5.41) is 0. The average molecular weight is 203 g/mol. The maximum atomic E-state index is 4.42. The molecule has 3 heteroatoms. The Balaban J connectivity index is 1.82. The Kier molecular flexibility index (Phi) is 2.31. The molecule has 0 amide bonds. The molecule has 0 bridgehead atoms. The number of hydrogen-bond acceptors (Lipinski definition) is 3. The number of hydrogen-bond donors (Lipinski definition) is 0. The molecule has 0 spiro atoms. The molecule has 80 valence electrons. The molecule has 3 rings (SSSR count). The topological polar surface area (TPSA) is 29.0 Å². The van der Waals surface area contributed by atoms with Crippen LogP contribution >= 0.6 is 0 Å². The molecule has 0 radical (unpaired) electrons. The zero-order valence-corrected chi connectivity index (χ0v) is 8.97. The van der Waals surface area contributed by atoms with Crippen molar-refractivity contribution in [2.45, 2.75) is 38.1 Å². The maximum Gasteiger partial charge on any atom is 0.147 e. The van der Waals surface area contributed by atoms with Crippen molar-refractivity contribution in [3.63, 3.8) is 0 Å².